The number of hydrogen-bond donors (Lipinski definition) is 1. The smallest absolute Gasteiger partial charge is 0.191 e. The predicted molar refractivity (Wildman–Crippen MR) is 88.4 cm³/mol. The molecule has 1 aliphatic heterocycles. The Kier molecular flexibility index (Phi) is 7.04. The summed E-state index contributed by atoms with van der Waals surface area (Å²) < 4.78 is 0. The topological polar surface area (TPSA) is 41.6 Å². The summed E-state index contributed by atoms with van der Waals surface area (Å²) in [4.78, 5) is 6.77. The predicted octanol–water partition coefficient (Wildman–Crippen LogP) is 3.15. The first-order valence-electron chi connectivity index (χ1n) is 6.98. The quantitative estimate of drug-likeness (QED) is 0.362. The van der Waals surface area contributed by atoms with Crippen LogP contribution in [-0.4, -0.2) is 30.5 Å². The number of halogens is 1. The lowest BCUT2D eigenvalue weighted by molar-refractivity contribution is 0.270. The third-order valence-electron chi connectivity index (χ3n) is 3.82. The number of allylic oxidation sites excluding steroid dienone is 1. The third-order valence-corrected chi connectivity index (χ3v) is 3.82. The van der Waals surface area contributed by atoms with Crippen molar-refractivity contribution < 1.29 is 0 Å². The van der Waals surface area contributed by atoms with Gasteiger partial charge in [-0.25, -0.2) is 0 Å². The van der Waals surface area contributed by atoms with Crippen molar-refractivity contribution in [2.45, 2.75) is 45.4 Å². The lowest BCUT2D eigenvalue weighted by Crippen LogP contribution is -2.43. The number of guanidine groups is 1. The fraction of sp³-hybridized carbons (Fsp3) is 0.786. The lowest BCUT2D eigenvalue weighted by Gasteiger charge is -2.31. The van der Waals surface area contributed by atoms with Gasteiger partial charge in [0.15, 0.2) is 5.96 Å². The fourth-order valence-corrected chi connectivity index (χ4v) is 2.78. The van der Waals surface area contributed by atoms with Crippen LogP contribution in [0.1, 0.15) is 45.4 Å². The van der Waals surface area contributed by atoms with E-state index in [1.807, 2.05) is 0 Å². The van der Waals surface area contributed by atoms with Crippen molar-refractivity contribution in [3.8, 4) is 0 Å². The van der Waals surface area contributed by atoms with Crippen molar-refractivity contribution in [1.29, 1.82) is 0 Å². The summed E-state index contributed by atoms with van der Waals surface area (Å²) in [5, 5.41) is 0. The molecule has 104 valence electrons. The van der Waals surface area contributed by atoms with Crippen LogP contribution in [0.2, 0.25) is 0 Å². The second-order valence-corrected chi connectivity index (χ2v) is 5.44. The molecule has 0 radical (unpaired) electrons. The molecule has 2 aliphatic rings. The van der Waals surface area contributed by atoms with Crippen molar-refractivity contribution in [3.05, 3.63) is 11.6 Å². The second-order valence-electron chi connectivity index (χ2n) is 5.44. The van der Waals surface area contributed by atoms with Gasteiger partial charge in [-0.3, -0.25) is 4.99 Å². The van der Waals surface area contributed by atoms with E-state index in [1.54, 1.807) is 5.57 Å². The van der Waals surface area contributed by atoms with Gasteiger partial charge in [0, 0.05) is 19.6 Å². The van der Waals surface area contributed by atoms with Crippen molar-refractivity contribution in [1.82, 2.24) is 4.90 Å². The van der Waals surface area contributed by atoms with Crippen molar-refractivity contribution in [3.63, 3.8) is 0 Å². The van der Waals surface area contributed by atoms with Crippen LogP contribution in [0.4, 0.5) is 0 Å². The molecule has 2 N–H and O–H groups in total. The van der Waals surface area contributed by atoms with Gasteiger partial charge in [0.1, 0.15) is 0 Å². The monoisotopic (exact) mass is 363 g/mol. The van der Waals surface area contributed by atoms with Crippen LogP contribution in [-0.2, 0) is 0 Å². The molecule has 0 bridgehead atoms. The van der Waals surface area contributed by atoms with Crippen molar-refractivity contribution >= 4 is 29.9 Å². The first kappa shape index (κ1) is 15.8. The van der Waals surface area contributed by atoms with E-state index in [2.05, 4.69) is 22.9 Å². The largest absolute Gasteiger partial charge is 0.370 e. The molecule has 0 amide bonds. The molecule has 18 heavy (non-hydrogen) atoms. The van der Waals surface area contributed by atoms with Gasteiger partial charge >= 0.3 is 0 Å². The van der Waals surface area contributed by atoms with E-state index in [4.69, 9.17) is 5.73 Å². The molecule has 1 unspecified atom stereocenters. The summed E-state index contributed by atoms with van der Waals surface area (Å²) in [6, 6.07) is 0. The molecule has 4 heteroatoms. The van der Waals surface area contributed by atoms with E-state index in [-0.39, 0.29) is 24.0 Å². The maximum absolute atomic E-state index is 6.05. The van der Waals surface area contributed by atoms with Gasteiger partial charge < -0.3 is 10.6 Å². The summed E-state index contributed by atoms with van der Waals surface area (Å²) in [6.45, 7) is 5.33. The highest BCUT2D eigenvalue weighted by Crippen LogP contribution is 2.20. The van der Waals surface area contributed by atoms with Crippen LogP contribution >= 0.6 is 24.0 Å². The number of likely N-dealkylation sites (tertiary alicyclic amines) is 1. The molecule has 1 atom stereocenters. The molecular formula is C14H26IN3. The summed E-state index contributed by atoms with van der Waals surface area (Å²) in [5.41, 5.74) is 7.63. The van der Waals surface area contributed by atoms with Crippen molar-refractivity contribution in [2.24, 2.45) is 16.6 Å². The molecule has 1 saturated heterocycles. The Balaban J connectivity index is 0.00000162. The van der Waals surface area contributed by atoms with Crippen LogP contribution in [0.25, 0.3) is 0 Å². The van der Waals surface area contributed by atoms with Crippen LogP contribution in [0, 0.1) is 5.92 Å². The van der Waals surface area contributed by atoms with Gasteiger partial charge in [0.25, 0.3) is 0 Å². The Labute approximate surface area is 128 Å². The molecule has 0 aromatic heterocycles. The Morgan fingerprint density at radius 2 is 2.33 bits per heavy atom. The summed E-state index contributed by atoms with van der Waals surface area (Å²) in [6.07, 6.45) is 9.92. The number of aliphatic imine (C=N–C) groups is 1. The summed E-state index contributed by atoms with van der Waals surface area (Å²) in [7, 11) is 0. The van der Waals surface area contributed by atoms with E-state index in [1.165, 1.54) is 32.1 Å². The van der Waals surface area contributed by atoms with Gasteiger partial charge in [-0.05, 0) is 44.4 Å². The van der Waals surface area contributed by atoms with Gasteiger partial charge in [0.05, 0.1) is 0 Å². The highest BCUT2D eigenvalue weighted by molar-refractivity contribution is 14.0. The van der Waals surface area contributed by atoms with Gasteiger partial charge in [-0.2, -0.15) is 0 Å². The first-order valence-corrected chi connectivity index (χ1v) is 6.98. The number of nitrogens with zero attached hydrogens (tertiary/aromatic N) is 2. The van der Waals surface area contributed by atoms with Gasteiger partial charge in [-0.15, -0.1) is 24.0 Å². The standard InChI is InChI=1S/C14H25N3.HI/c1-12-5-4-10-17(11-12)14(15)16-9-8-13-6-2-3-7-13;/h6,12H,2-5,7-11H2,1H3,(H2,15,16);1H. The molecule has 0 aromatic carbocycles. The minimum absolute atomic E-state index is 0. The number of nitrogens with two attached hydrogens (primary N) is 1. The molecule has 1 heterocycles. The zero-order valence-corrected chi connectivity index (χ0v) is 13.7. The molecule has 1 fully saturated rings. The maximum atomic E-state index is 6.05. The van der Waals surface area contributed by atoms with Crippen LogP contribution in [0.3, 0.4) is 0 Å². The Morgan fingerprint density at radius 1 is 1.50 bits per heavy atom. The zero-order chi connectivity index (χ0) is 12.1. The van der Waals surface area contributed by atoms with E-state index in [9.17, 15) is 0 Å². The molecular weight excluding hydrogens is 337 g/mol. The van der Waals surface area contributed by atoms with Crippen LogP contribution in [0.15, 0.2) is 16.6 Å². The molecule has 0 spiro atoms. The van der Waals surface area contributed by atoms with E-state index < -0.39 is 0 Å². The minimum Gasteiger partial charge on any atom is -0.370 e. The van der Waals surface area contributed by atoms with E-state index >= 15 is 0 Å². The Hall–Kier alpha value is -0.260. The summed E-state index contributed by atoms with van der Waals surface area (Å²) in [5.74, 6) is 1.52. The molecule has 0 saturated carbocycles. The fourth-order valence-electron chi connectivity index (χ4n) is 2.78. The first-order chi connectivity index (χ1) is 8.25. The third kappa shape index (κ3) is 4.78. The normalized spacial score (nSPS) is 24.7. The van der Waals surface area contributed by atoms with E-state index in [0.29, 0.717) is 0 Å². The van der Waals surface area contributed by atoms with Crippen LogP contribution in [0.5, 0.6) is 0 Å². The second kappa shape index (κ2) is 8.02. The average Bonchev–Trinajstić information content (AvgIpc) is 2.82. The Morgan fingerprint density at radius 3 is 3.00 bits per heavy atom. The minimum atomic E-state index is 0. The zero-order valence-electron chi connectivity index (χ0n) is 11.4. The lowest BCUT2D eigenvalue weighted by atomic mass is 10.0. The molecule has 3 nitrogen and oxygen atoms in total. The molecule has 0 aromatic rings. The Bertz CT molecular complexity index is 312. The number of rotatable bonds is 3. The van der Waals surface area contributed by atoms with Crippen molar-refractivity contribution in [2.75, 3.05) is 19.6 Å². The van der Waals surface area contributed by atoms with Gasteiger partial charge in [-0.1, -0.05) is 18.6 Å². The maximum Gasteiger partial charge on any atom is 0.191 e. The molecule has 1 aliphatic carbocycles. The molecule has 2 rings (SSSR count). The highest BCUT2D eigenvalue weighted by atomic mass is 127. The van der Waals surface area contributed by atoms with E-state index in [0.717, 1.165) is 37.9 Å². The van der Waals surface area contributed by atoms with Gasteiger partial charge in [0.2, 0.25) is 0 Å². The number of piperidine rings is 1. The highest BCUT2D eigenvalue weighted by Gasteiger charge is 2.17. The number of hydrogen-bond acceptors (Lipinski definition) is 1. The average molecular weight is 363 g/mol. The van der Waals surface area contributed by atoms with Crippen LogP contribution < -0.4 is 5.73 Å². The summed E-state index contributed by atoms with van der Waals surface area (Å²) >= 11 is 0. The SMILES string of the molecule is CC1CCCN(C(N)=NCCC2=CCCC2)C1.I.